The lowest BCUT2D eigenvalue weighted by Gasteiger charge is -2.46. The molecule has 1 heterocycles. The Morgan fingerprint density at radius 2 is 1.27 bits per heavy atom. The van der Waals surface area contributed by atoms with Gasteiger partial charge in [0.1, 0.15) is 35.9 Å². The zero-order valence-electron chi connectivity index (χ0n) is 27.3. The highest BCUT2D eigenvalue weighted by molar-refractivity contribution is 7.49. The van der Waals surface area contributed by atoms with E-state index in [1.807, 2.05) is 60.7 Å². The van der Waals surface area contributed by atoms with Crippen LogP contribution in [0.5, 0.6) is 11.5 Å². The van der Waals surface area contributed by atoms with E-state index in [-0.39, 0.29) is 31.3 Å². The molecule has 1 amide bonds. The van der Waals surface area contributed by atoms with Gasteiger partial charge in [0.2, 0.25) is 18.1 Å². The fourth-order valence-corrected chi connectivity index (χ4v) is 6.67. The van der Waals surface area contributed by atoms with Crippen LogP contribution in [0, 0.1) is 5.41 Å². The molecule has 11 nitrogen and oxygen atoms in total. The number of nitrogens with one attached hydrogen (secondary N) is 2. The van der Waals surface area contributed by atoms with Crippen LogP contribution in [0.4, 0.5) is 0 Å². The third kappa shape index (κ3) is 11.7. The van der Waals surface area contributed by atoms with E-state index in [0.29, 0.717) is 0 Å². The van der Waals surface area contributed by atoms with Gasteiger partial charge in [-0.25, -0.2) is 4.57 Å². The molecule has 4 aromatic rings. The minimum absolute atomic E-state index is 0.0110. The van der Waals surface area contributed by atoms with E-state index in [1.54, 1.807) is 60.7 Å². The third-order valence-corrected chi connectivity index (χ3v) is 9.24. The number of ether oxygens (including phenoxy) is 4. The van der Waals surface area contributed by atoms with Crippen molar-refractivity contribution in [3.05, 3.63) is 132 Å². The molecule has 5 rings (SSSR count). The molecule has 1 unspecified atom stereocenters. The Bertz CT molecular complexity index is 1690. The molecule has 0 radical (unpaired) electrons. The van der Waals surface area contributed by atoms with Gasteiger partial charge < -0.3 is 33.3 Å². The molecule has 51 heavy (non-hydrogen) atoms. The van der Waals surface area contributed by atoms with Crippen LogP contribution in [-0.4, -0.2) is 52.8 Å². The minimum atomic E-state index is -4.60. The number of amides is 1. The second-order valence-corrected chi connectivity index (χ2v) is 15.1. The average molecular weight is 778 g/mol. The lowest BCUT2D eigenvalue weighted by molar-refractivity contribution is -0.258. The van der Waals surface area contributed by atoms with Crippen LogP contribution in [-0.2, 0) is 46.0 Å². The van der Waals surface area contributed by atoms with Crippen molar-refractivity contribution >= 4 is 54.4 Å². The molecule has 0 spiro atoms. The van der Waals surface area contributed by atoms with Crippen molar-refractivity contribution in [1.82, 2.24) is 5.32 Å². The van der Waals surface area contributed by atoms with Crippen molar-refractivity contribution in [2.24, 2.45) is 0 Å². The molecule has 15 heteroatoms. The summed E-state index contributed by atoms with van der Waals surface area (Å²) in [5, 5.41) is 11.1. The molecule has 1 aliphatic heterocycles. The first kappa shape index (κ1) is 38.6. The molecule has 0 bridgehead atoms. The van der Waals surface area contributed by atoms with Gasteiger partial charge >= 0.3 is 7.82 Å². The van der Waals surface area contributed by atoms with Crippen molar-refractivity contribution in [2.75, 3.05) is 6.61 Å². The topological polar surface area (TPSA) is 135 Å². The smallest absolute Gasteiger partial charge is 0.446 e. The van der Waals surface area contributed by atoms with Gasteiger partial charge in [-0.3, -0.25) is 14.7 Å². The molecule has 1 aliphatic rings. The largest absolute Gasteiger partial charge is 0.588 e. The second kappa shape index (κ2) is 18.2. The molecule has 1 fully saturated rings. The number of carbonyl (C=O) groups excluding carboxylic acids is 1. The summed E-state index contributed by atoms with van der Waals surface area (Å²) >= 11 is 17.9. The first-order chi connectivity index (χ1) is 24.5. The number of alkyl halides is 3. The number of hydrogen-bond donors (Lipinski definition) is 2. The number of halogens is 3. The minimum Gasteiger partial charge on any atom is -0.446 e. The maximum absolute atomic E-state index is 14.8. The molecule has 5 atom stereocenters. The molecule has 0 aliphatic carbocycles. The van der Waals surface area contributed by atoms with Crippen molar-refractivity contribution in [1.29, 1.82) is 5.41 Å². The van der Waals surface area contributed by atoms with Crippen molar-refractivity contribution in [3.8, 4) is 11.5 Å². The van der Waals surface area contributed by atoms with Crippen molar-refractivity contribution in [3.63, 3.8) is 0 Å². The van der Waals surface area contributed by atoms with Crippen molar-refractivity contribution < 1.29 is 41.9 Å². The lowest BCUT2D eigenvalue weighted by atomic mass is 9.96. The number of para-hydroxylation sites is 2. The van der Waals surface area contributed by atoms with Gasteiger partial charge in [0.05, 0.1) is 19.8 Å². The Morgan fingerprint density at radius 1 is 0.784 bits per heavy atom. The van der Waals surface area contributed by atoms with Gasteiger partial charge in [0.15, 0.2) is 0 Å². The van der Waals surface area contributed by atoms with E-state index in [1.165, 1.54) is 6.92 Å². The van der Waals surface area contributed by atoms with Gasteiger partial charge in [-0.15, -0.1) is 0 Å². The average Bonchev–Trinajstić information content (AvgIpc) is 3.10. The quantitative estimate of drug-likeness (QED) is 0.0533. The van der Waals surface area contributed by atoms with E-state index in [9.17, 15) is 9.36 Å². The Hall–Kier alpha value is -3.64. The first-order valence-electron chi connectivity index (χ1n) is 15.8. The van der Waals surface area contributed by atoms with E-state index >= 15 is 0 Å². The van der Waals surface area contributed by atoms with Gasteiger partial charge in [-0.05, 0) is 35.4 Å². The standard InChI is InChI=1S/C36H36Cl3N2O9P/c1-25(42)41-31-33(45-23-27-16-8-3-9-17-27)32(50-51(43,48-28-18-10-4-11-19-28)49-29-20-12-5-13-21-29)30(24-44-22-26-14-6-2-7-15-26)46-34(31)47-35(40)36(37,38)39/h2-21,30-34,40H,22-24H2,1H3,(H,41,42)/t30-,31-,32-,33-,34?/m1/s1. The first-order valence-corrected chi connectivity index (χ1v) is 18.4. The summed E-state index contributed by atoms with van der Waals surface area (Å²) in [6.07, 6.45) is -5.12. The zero-order valence-corrected chi connectivity index (χ0v) is 30.5. The summed E-state index contributed by atoms with van der Waals surface area (Å²) < 4.78 is 55.4. The predicted octanol–water partition coefficient (Wildman–Crippen LogP) is 8.03. The summed E-state index contributed by atoms with van der Waals surface area (Å²) in [5.41, 5.74) is 1.65. The van der Waals surface area contributed by atoms with Gasteiger partial charge in [-0.1, -0.05) is 132 Å². The summed E-state index contributed by atoms with van der Waals surface area (Å²) in [4.78, 5) is 12.7. The van der Waals surface area contributed by atoms with Crippen LogP contribution in [0.2, 0.25) is 0 Å². The van der Waals surface area contributed by atoms with E-state index < -0.39 is 54.1 Å². The number of phosphoric acid groups is 1. The van der Waals surface area contributed by atoms with Gasteiger partial charge in [0.25, 0.3) is 3.79 Å². The van der Waals surface area contributed by atoms with Crippen LogP contribution in [0.1, 0.15) is 18.1 Å². The fourth-order valence-electron chi connectivity index (χ4n) is 5.10. The zero-order chi connectivity index (χ0) is 36.3. The summed E-state index contributed by atoms with van der Waals surface area (Å²) in [5.74, 6) is -0.887. The Morgan fingerprint density at radius 3 is 1.76 bits per heavy atom. The van der Waals surface area contributed by atoms with Crippen LogP contribution in [0.3, 0.4) is 0 Å². The van der Waals surface area contributed by atoms with Crippen LogP contribution < -0.4 is 14.4 Å². The SMILES string of the molecule is CC(=O)N[C@H]1C(OC(=N)C(Cl)(Cl)Cl)O[C@H](COCc2ccccc2)[C@@H](OP(=O)(Oc2ccccc2)Oc2ccccc2)[C@@H]1OCc1ccccc1. The van der Waals surface area contributed by atoms with Crippen LogP contribution >= 0.6 is 42.6 Å². The predicted molar refractivity (Wildman–Crippen MR) is 193 cm³/mol. The van der Waals surface area contributed by atoms with E-state index in [4.69, 9.17) is 72.7 Å². The highest BCUT2D eigenvalue weighted by Gasteiger charge is 2.54. The number of hydrogen-bond acceptors (Lipinski definition) is 10. The number of benzene rings is 4. The normalized spacial score (nSPS) is 20.6. The third-order valence-electron chi connectivity index (χ3n) is 7.36. The Labute approximate surface area is 311 Å². The molecule has 4 aromatic carbocycles. The lowest BCUT2D eigenvalue weighted by Crippen LogP contribution is -2.66. The summed E-state index contributed by atoms with van der Waals surface area (Å²) in [6, 6.07) is 34.1. The molecule has 270 valence electrons. The van der Waals surface area contributed by atoms with Gasteiger partial charge in [0, 0.05) is 6.92 Å². The summed E-state index contributed by atoms with van der Waals surface area (Å²) in [7, 11) is -4.60. The monoisotopic (exact) mass is 776 g/mol. The van der Waals surface area contributed by atoms with Crippen molar-refractivity contribution in [2.45, 2.75) is 54.6 Å². The maximum atomic E-state index is 14.8. The number of phosphoric ester groups is 1. The fraction of sp³-hybridized carbons (Fsp3) is 0.278. The van der Waals surface area contributed by atoms with Crippen LogP contribution in [0.25, 0.3) is 0 Å². The molecule has 0 saturated carbocycles. The second-order valence-electron chi connectivity index (χ2n) is 11.3. The Kier molecular flexibility index (Phi) is 13.8. The van der Waals surface area contributed by atoms with E-state index in [0.717, 1.165) is 11.1 Å². The maximum Gasteiger partial charge on any atom is 0.588 e. The number of rotatable bonds is 15. The molecular weight excluding hydrogens is 742 g/mol. The Balaban J connectivity index is 1.56. The highest BCUT2D eigenvalue weighted by atomic mass is 35.6. The summed E-state index contributed by atoms with van der Waals surface area (Å²) in [6.45, 7) is 1.29. The van der Waals surface area contributed by atoms with E-state index in [2.05, 4.69) is 5.32 Å². The molecule has 1 saturated heterocycles. The molecule has 2 N–H and O–H groups in total. The highest BCUT2D eigenvalue weighted by Crippen LogP contribution is 2.52. The molecular formula is C36H36Cl3N2O9P. The van der Waals surface area contributed by atoms with Gasteiger partial charge in [-0.2, -0.15) is 0 Å². The van der Waals surface area contributed by atoms with Crippen LogP contribution in [0.15, 0.2) is 121 Å². The number of carbonyl (C=O) groups is 1. The molecule has 0 aromatic heterocycles.